The monoisotopic (exact) mass is 252 g/mol. The van der Waals surface area contributed by atoms with Gasteiger partial charge in [-0.15, -0.1) is 0 Å². The summed E-state index contributed by atoms with van der Waals surface area (Å²) in [6.45, 7) is 1.94. The molecule has 0 amide bonds. The first-order valence-corrected chi connectivity index (χ1v) is 5.89. The molecule has 1 atom stereocenters. The summed E-state index contributed by atoms with van der Waals surface area (Å²) < 4.78 is 15.4. The summed E-state index contributed by atoms with van der Waals surface area (Å²) >= 11 is 0. The Kier molecular flexibility index (Phi) is 5.65. The van der Waals surface area contributed by atoms with E-state index in [2.05, 4.69) is 0 Å². The number of carbonyl (C=O) groups excluding carboxylic acids is 1. The largest absolute Gasteiger partial charge is 0.497 e. The molecule has 1 unspecified atom stereocenters. The van der Waals surface area contributed by atoms with Crippen molar-refractivity contribution in [1.82, 2.24) is 0 Å². The summed E-state index contributed by atoms with van der Waals surface area (Å²) in [5, 5.41) is 0. The minimum atomic E-state index is 0.0658. The van der Waals surface area contributed by atoms with Gasteiger partial charge in [0.1, 0.15) is 11.5 Å². The summed E-state index contributed by atoms with van der Waals surface area (Å²) in [7, 11) is 4.77. The fourth-order valence-electron chi connectivity index (χ4n) is 1.56. The van der Waals surface area contributed by atoms with Crippen LogP contribution in [-0.4, -0.2) is 33.2 Å². The topological polar surface area (TPSA) is 44.8 Å². The lowest BCUT2D eigenvalue weighted by Crippen LogP contribution is -2.09. The fourth-order valence-corrected chi connectivity index (χ4v) is 1.56. The molecule has 0 radical (unpaired) electrons. The Morgan fingerprint density at radius 2 is 1.67 bits per heavy atom. The normalized spacial score (nSPS) is 12.0. The average molecular weight is 252 g/mol. The minimum Gasteiger partial charge on any atom is -0.497 e. The Labute approximate surface area is 108 Å². The summed E-state index contributed by atoms with van der Waals surface area (Å²) in [4.78, 5) is 12.0. The van der Waals surface area contributed by atoms with Crippen molar-refractivity contribution >= 4 is 5.78 Å². The molecule has 0 heterocycles. The number of methoxy groups -OCH3 is 3. The first-order chi connectivity index (χ1) is 8.60. The van der Waals surface area contributed by atoms with Crippen LogP contribution in [0.2, 0.25) is 0 Å². The average Bonchev–Trinajstić information content (AvgIpc) is 2.43. The molecule has 0 aliphatic carbocycles. The van der Waals surface area contributed by atoms with Crippen molar-refractivity contribution in [2.75, 3.05) is 21.3 Å². The minimum absolute atomic E-state index is 0.0658. The van der Waals surface area contributed by atoms with Gasteiger partial charge in [-0.1, -0.05) is 0 Å². The van der Waals surface area contributed by atoms with Crippen molar-refractivity contribution in [2.24, 2.45) is 0 Å². The highest BCUT2D eigenvalue weighted by Gasteiger charge is 2.11. The van der Waals surface area contributed by atoms with Crippen LogP contribution in [0.3, 0.4) is 0 Å². The summed E-state index contributed by atoms with van der Waals surface area (Å²) in [6.07, 6.45) is 1.24. The highest BCUT2D eigenvalue weighted by molar-refractivity contribution is 5.96. The predicted molar refractivity (Wildman–Crippen MR) is 69.6 cm³/mol. The lowest BCUT2D eigenvalue weighted by atomic mass is 10.0. The van der Waals surface area contributed by atoms with E-state index in [1.54, 1.807) is 39.5 Å². The van der Waals surface area contributed by atoms with E-state index < -0.39 is 0 Å². The quantitative estimate of drug-likeness (QED) is 0.700. The number of rotatable bonds is 7. The van der Waals surface area contributed by atoms with Gasteiger partial charge >= 0.3 is 0 Å². The van der Waals surface area contributed by atoms with Gasteiger partial charge in [-0.3, -0.25) is 4.79 Å². The first kappa shape index (κ1) is 14.5. The molecule has 1 aromatic carbocycles. The Hall–Kier alpha value is -1.55. The van der Waals surface area contributed by atoms with E-state index in [1.165, 1.54) is 0 Å². The number of carbonyl (C=O) groups is 1. The third kappa shape index (κ3) is 4.04. The Bertz CT molecular complexity index is 379. The molecule has 0 saturated carbocycles. The number of hydrogen-bond donors (Lipinski definition) is 0. The third-order valence-electron chi connectivity index (χ3n) is 2.85. The maximum absolute atomic E-state index is 12.0. The van der Waals surface area contributed by atoms with Crippen LogP contribution in [0.5, 0.6) is 11.5 Å². The van der Waals surface area contributed by atoms with Crippen LogP contribution in [0.4, 0.5) is 0 Å². The lowest BCUT2D eigenvalue weighted by Gasteiger charge is -2.10. The molecule has 0 spiro atoms. The van der Waals surface area contributed by atoms with Crippen molar-refractivity contribution in [3.63, 3.8) is 0 Å². The zero-order valence-electron chi connectivity index (χ0n) is 11.4. The van der Waals surface area contributed by atoms with Gasteiger partial charge in [0, 0.05) is 25.2 Å². The highest BCUT2D eigenvalue weighted by atomic mass is 16.5. The van der Waals surface area contributed by atoms with Gasteiger partial charge in [-0.2, -0.15) is 0 Å². The molecule has 4 nitrogen and oxygen atoms in total. The van der Waals surface area contributed by atoms with Crippen molar-refractivity contribution in [3.8, 4) is 11.5 Å². The van der Waals surface area contributed by atoms with Crippen LogP contribution in [0.1, 0.15) is 30.1 Å². The molecule has 0 bridgehead atoms. The fraction of sp³-hybridized carbons (Fsp3) is 0.500. The van der Waals surface area contributed by atoms with E-state index in [0.717, 1.165) is 0 Å². The van der Waals surface area contributed by atoms with E-state index >= 15 is 0 Å². The number of hydrogen-bond acceptors (Lipinski definition) is 4. The van der Waals surface area contributed by atoms with Crippen molar-refractivity contribution < 1.29 is 19.0 Å². The smallest absolute Gasteiger partial charge is 0.163 e. The predicted octanol–water partition coefficient (Wildman–Crippen LogP) is 2.70. The molecule has 0 aliphatic heterocycles. The SMILES string of the molecule is COc1cc(OC)cc(C(=O)CCC(C)OC)c1. The molecule has 18 heavy (non-hydrogen) atoms. The van der Waals surface area contributed by atoms with Gasteiger partial charge in [0.2, 0.25) is 0 Å². The van der Waals surface area contributed by atoms with E-state index in [0.29, 0.717) is 29.9 Å². The van der Waals surface area contributed by atoms with Crippen LogP contribution in [0, 0.1) is 0 Å². The Morgan fingerprint density at radius 1 is 1.11 bits per heavy atom. The van der Waals surface area contributed by atoms with Crippen LogP contribution < -0.4 is 9.47 Å². The van der Waals surface area contributed by atoms with Crippen molar-refractivity contribution in [1.29, 1.82) is 0 Å². The van der Waals surface area contributed by atoms with E-state index in [1.807, 2.05) is 6.92 Å². The van der Waals surface area contributed by atoms with Crippen molar-refractivity contribution in [3.05, 3.63) is 23.8 Å². The van der Waals surface area contributed by atoms with Gasteiger partial charge in [0.15, 0.2) is 5.78 Å². The summed E-state index contributed by atoms with van der Waals surface area (Å²) in [5.41, 5.74) is 0.606. The lowest BCUT2D eigenvalue weighted by molar-refractivity contribution is 0.0877. The molecule has 0 fully saturated rings. The van der Waals surface area contributed by atoms with Gasteiger partial charge < -0.3 is 14.2 Å². The molecule has 100 valence electrons. The van der Waals surface area contributed by atoms with Gasteiger partial charge in [-0.05, 0) is 25.5 Å². The summed E-state index contributed by atoms with van der Waals surface area (Å²) in [5.74, 6) is 1.31. The molecular weight excluding hydrogens is 232 g/mol. The number of benzene rings is 1. The van der Waals surface area contributed by atoms with Gasteiger partial charge in [0.05, 0.1) is 20.3 Å². The zero-order chi connectivity index (χ0) is 13.5. The number of ketones is 1. The third-order valence-corrected chi connectivity index (χ3v) is 2.85. The molecular formula is C14H20O4. The second-order valence-corrected chi connectivity index (χ2v) is 4.11. The van der Waals surface area contributed by atoms with Crippen LogP contribution >= 0.6 is 0 Å². The second-order valence-electron chi connectivity index (χ2n) is 4.11. The zero-order valence-corrected chi connectivity index (χ0v) is 11.4. The molecule has 0 saturated heterocycles. The Balaban J connectivity index is 2.78. The number of Topliss-reactive ketones (excluding diaryl/α,β-unsaturated/α-hetero) is 1. The molecule has 0 N–H and O–H groups in total. The van der Waals surface area contributed by atoms with E-state index in [4.69, 9.17) is 14.2 Å². The van der Waals surface area contributed by atoms with Gasteiger partial charge in [-0.25, -0.2) is 0 Å². The van der Waals surface area contributed by atoms with E-state index in [9.17, 15) is 4.79 Å². The Morgan fingerprint density at radius 3 is 2.11 bits per heavy atom. The molecule has 1 rings (SSSR count). The van der Waals surface area contributed by atoms with Crippen LogP contribution in [0.15, 0.2) is 18.2 Å². The maximum atomic E-state index is 12.0. The van der Waals surface area contributed by atoms with Gasteiger partial charge in [0.25, 0.3) is 0 Å². The standard InChI is InChI=1S/C14H20O4/c1-10(16-2)5-6-14(15)11-7-12(17-3)9-13(8-11)18-4/h7-10H,5-6H2,1-4H3. The van der Waals surface area contributed by atoms with Crippen LogP contribution in [0.25, 0.3) is 0 Å². The first-order valence-electron chi connectivity index (χ1n) is 5.89. The van der Waals surface area contributed by atoms with Crippen LogP contribution in [-0.2, 0) is 4.74 Å². The molecule has 0 aromatic heterocycles. The second kappa shape index (κ2) is 7.01. The summed E-state index contributed by atoms with van der Waals surface area (Å²) in [6, 6.07) is 5.19. The highest BCUT2D eigenvalue weighted by Crippen LogP contribution is 2.23. The molecule has 1 aromatic rings. The van der Waals surface area contributed by atoms with Crippen molar-refractivity contribution in [2.45, 2.75) is 25.9 Å². The maximum Gasteiger partial charge on any atom is 0.163 e. The van der Waals surface area contributed by atoms with E-state index in [-0.39, 0.29) is 11.9 Å². The molecule has 0 aliphatic rings. The number of ether oxygens (including phenoxy) is 3. The molecule has 4 heteroatoms.